The predicted octanol–water partition coefficient (Wildman–Crippen LogP) is 3.44. The molecule has 138 valence electrons. The SMILES string of the molecule is COC(=O)c1cc(F)ccc1OCC1(NC(=O)OC(C)(C)C)CCC1. The minimum atomic E-state index is -0.683. The first kappa shape index (κ1) is 19.0. The zero-order chi connectivity index (χ0) is 18.7. The monoisotopic (exact) mass is 353 g/mol. The fourth-order valence-electron chi connectivity index (χ4n) is 2.54. The first-order valence-corrected chi connectivity index (χ1v) is 8.16. The zero-order valence-corrected chi connectivity index (χ0v) is 15.0. The third-order valence-corrected chi connectivity index (χ3v) is 3.93. The van der Waals surface area contributed by atoms with Gasteiger partial charge in [-0.05, 0) is 58.2 Å². The lowest BCUT2D eigenvalue weighted by Crippen LogP contribution is -2.58. The van der Waals surface area contributed by atoms with E-state index in [2.05, 4.69) is 10.1 Å². The Morgan fingerprint density at radius 1 is 1.28 bits per heavy atom. The van der Waals surface area contributed by atoms with Crippen LogP contribution >= 0.6 is 0 Å². The smallest absolute Gasteiger partial charge is 0.408 e. The summed E-state index contributed by atoms with van der Waals surface area (Å²) in [4.78, 5) is 23.8. The number of carbonyl (C=O) groups excluding carboxylic acids is 2. The van der Waals surface area contributed by atoms with Crippen LogP contribution in [0.2, 0.25) is 0 Å². The third-order valence-electron chi connectivity index (χ3n) is 3.93. The summed E-state index contributed by atoms with van der Waals surface area (Å²) in [7, 11) is 1.22. The standard InChI is InChI=1S/C18H24FNO5/c1-17(2,3)25-16(22)20-18(8-5-9-18)11-24-14-7-6-12(19)10-13(14)15(21)23-4/h6-7,10H,5,8-9,11H2,1-4H3,(H,20,22). The van der Waals surface area contributed by atoms with Crippen molar-refractivity contribution in [3.63, 3.8) is 0 Å². The maximum absolute atomic E-state index is 13.4. The molecule has 0 saturated heterocycles. The van der Waals surface area contributed by atoms with Gasteiger partial charge in [-0.2, -0.15) is 0 Å². The first-order valence-electron chi connectivity index (χ1n) is 8.16. The molecule has 7 heteroatoms. The van der Waals surface area contributed by atoms with E-state index < -0.39 is 29.0 Å². The molecule has 1 aromatic rings. The first-order chi connectivity index (χ1) is 11.6. The Kier molecular flexibility index (Phi) is 5.55. The van der Waals surface area contributed by atoms with E-state index in [1.807, 2.05) is 0 Å². The molecule has 1 fully saturated rings. The largest absolute Gasteiger partial charge is 0.490 e. The molecule has 0 spiro atoms. The number of rotatable bonds is 5. The zero-order valence-electron chi connectivity index (χ0n) is 15.0. The molecule has 0 bridgehead atoms. The second kappa shape index (κ2) is 7.29. The van der Waals surface area contributed by atoms with Crippen LogP contribution in [0, 0.1) is 5.82 Å². The molecule has 1 N–H and O–H groups in total. The van der Waals surface area contributed by atoms with Crippen LogP contribution in [0.1, 0.15) is 50.4 Å². The van der Waals surface area contributed by atoms with Gasteiger partial charge in [-0.1, -0.05) is 0 Å². The molecule has 1 aliphatic carbocycles. The van der Waals surface area contributed by atoms with Gasteiger partial charge in [0.05, 0.1) is 12.6 Å². The summed E-state index contributed by atoms with van der Waals surface area (Å²) in [5.41, 5.74) is -1.14. The van der Waals surface area contributed by atoms with Crippen molar-refractivity contribution >= 4 is 12.1 Å². The molecule has 0 aromatic heterocycles. The number of esters is 1. The molecule has 0 heterocycles. The van der Waals surface area contributed by atoms with E-state index in [0.29, 0.717) is 0 Å². The summed E-state index contributed by atoms with van der Waals surface area (Å²) in [5.74, 6) is -1.03. The summed E-state index contributed by atoms with van der Waals surface area (Å²) in [6, 6.07) is 3.65. The number of hydrogen-bond donors (Lipinski definition) is 1. The van der Waals surface area contributed by atoms with Gasteiger partial charge in [-0.15, -0.1) is 0 Å². The number of methoxy groups -OCH3 is 1. The van der Waals surface area contributed by atoms with E-state index in [1.54, 1.807) is 20.8 Å². The van der Waals surface area contributed by atoms with Crippen molar-refractivity contribution in [1.29, 1.82) is 0 Å². The van der Waals surface area contributed by atoms with Crippen molar-refractivity contribution in [3.8, 4) is 5.75 Å². The predicted molar refractivity (Wildman–Crippen MR) is 89.2 cm³/mol. The molecule has 0 atom stereocenters. The van der Waals surface area contributed by atoms with Crippen molar-refractivity contribution in [2.24, 2.45) is 0 Å². The molecule has 25 heavy (non-hydrogen) atoms. The molecular formula is C18H24FNO5. The van der Waals surface area contributed by atoms with Gasteiger partial charge < -0.3 is 19.5 Å². The Morgan fingerprint density at radius 3 is 2.48 bits per heavy atom. The Morgan fingerprint density at radius 2 is 1.96 bits per heavy atom. The Labute approximate surface area is 146 Å². The average molecular weight is 353 g/mol. The highest BCUT2D eigenvalue weighted by atomic mass is 19.1. The minimum Gasteiger partial charge on any atom is -0.490 e. The van der Waals surface area contributed by atoms with E-state index in [-0.39, 0.29) is 17.9 Å². The summed E-state index contributed by atoms with van der Waals surface area (Å²) in [5, 5.41) is 2.85. The van der Waals surface area contributed by atoms with Gasteiger partial charge >= 0.3 is 12.1 Å². The van der Waals surface area contributed by atoms with Crippen LogP contribution in [0.15, 0.2) is 18.2 Å². The summed E-state index contributed by atoms with van der Waals surface area (Å²) in [6.45, 7) is 5.52. The number of halogens is 1. The molecule has 1 amide bonds. The molecule has 0 unspecified atom stereocenters. The lowest BCUT2D eigenvalue weighted by molar-refractivity contribution is 0.0289. The van der Waals surface area contributed by atoms with Crippen LogP contribution in [0.3, 0.4) is 0 Å². The van der Waals surface area contributed by atoms with Crippen molar-refractivity contribution in [2.45, 2.75) is 51.2 Å². The number of hydrogen-bond acceptors (Lipinski definition) is 5. The molecule has 0 aliphatic heterocycles. The second-order valence-electron chi connectivity index (χ2n) is 7.18. The number of carbonyl (C=O) groups is 2. The van der Waals surface area contributed by atoms with Gasteiger partial charge in [-0.3, -0.25) is 0 Å². The molecule has 6 nitrogen and oxygen atoms in total. The van der Waals surface area contributed by atoms with Crippen molar-refractivity contribution in [2.75, 3.05) is 13.7 Å². The molecule has 0 radical (unpaired) electrons. The second-order valence-corrected chi connectivity index (χ2v) is 7.18. The van der Waals surface area contributed by atoms with Crippen LogP contribution in [-0.4, -0.2) is 36.9 Å². The molecule has 1 saturated carbocycles. The Hall–Kier alpha value is -2.31. The normalized spacial score (nSPS) is 15.7. The highest BCUT2D eigenvalue weighted by Crippen LogP contribution is 2.33. The van der Waals surface area contributed by atoms with Crippen molar-refractivity contribution in [3.05, 3.63) is 29.6 Å². The number of alkyl carbamates (subject to hydrolysis) is 1. The summed E-state index contributed by atoms with van der Waals surface area (Å²) in [6.07, 6.45) is 1.91. The molecule has 1 aromatic carbocycles. The van der Waals surface area contributed by atoms with E-state index >= 15 is 0 Å². The van der Waals surface area contributed by atoms with Crippen LogP contribution in [0.25, 0.3) is 0 Å². The number of nitrogens with one attached hydrogen (secondary N) is 1. The van der Waals surface area contributed by atoms with E-state index in [9.17, 15) is 14.0 Å². The van der Waals surface area contributed by atoms with Gasteiger partial charge in [0.1, 0.15) is 29.3 Å². The number of benzene rings is 1. The highest BCUT2D eigenvalue weighted by Gasteiger charge is 2.40. The van der Waals surface area contributed by atoms with Crippen molar-refractivity contribution in [1.82, 2.24) is 5.32 Å². The van der Waals surface area contributed by atoms with Gasteiger partial charge in [0.2, 0.25) is 0 Å². The quantitative estimate of drug-likeness (QED) is 0.821. The van der Waals surface area contributed by atoms with E-state index in [4.69, 9.17) is 9.47 Å². The van der Waals surface area contributed by atoms with E-state index in [1.165, 1.54) is 19.2 Å². The van der Waals surface area contributed by atoms with Crippen molar-refractivity contribution < 1.29 is 28.2 Å². The number of amides is 1. The molecule has 1 aliphatic rings. The Bertz CT molecular complexity index is 649. The van der Waals surface area contributed by atoms with E-state index in [0.717, 1.165) is 25.3 Å². The lowest BCUT2D eigenvalue weighted by Gasteiger charge is -2.42. The number of ether oxygens (including phenoxy) is 3. The fraction of sp³-hybridized carbons (Fsp3) is 0.556. The third kappa shape index (κ3) is 5.08. The van der Waals surface area contributed by atoms with Gasteiger partial charge in [0, 0.05) is 0 Å². The Balaban J connectivity index is 2.06. The summed E-state index contributed by atoms with van der Waals surface area (Å²) >= 11 is 0. The molecular weight excluding hydrogens is 329 g/mol. The highest BCUT2D eigenvalue weighted by molar-refractivity contribution is 5.92. The minimum absolute atomic E-state index is 0.00856. The molecule has 2 rings (SSSR count). The maximum Gasteiger partial charge on any atom is 0.408 e. The van der Waals surface area contributed by atoms with Crippen LogP contribution in [0.4, 0.5) is 9.18 Å². The average Bonchev–Trinajstić information content (AvgIpc) is 2.48. The fourth-order valence-corrected chi connectivity index (χ4v) is 2.54. The van der Waals surface area contributed by atoms with Gasteiger partial charge in [-0.25, -0.2) is 14.0 Å². The lowest BCUT2D eigenvalue weighted by atomic mass is 9.77. The topological polar surface area (TPSA) is 73.9 Å². The van der Waals surface area contributed by atoms with Crippen LogP contribution < -0.4 is 10.1 Å². The van der Waals surface area contributed by atoms with Gasteiger partial charge in [0.15, 0.2) is 0 Å². The van der Waals surface area contributed by atoms with Gasteiger partial charge in [0.25, 0.3) is 0 Å². The summed E-state index contributed by atoms with van der Waals surface area (Å²) < 4.78 is 29.0. The maximum atomic E-state index is 13.4. The van der Waals surface area contributed by atoms with Crippen LogP contribution in [-0.2, 0) is 9.47 Å². The van der Waals surface area contributed by atoms with Crippen LogP contribution in [0.5, 0.6) is 5.75 Å².